The van der Waals surface area contributed by atoms with E-state index in [1.165, 1.54) is 11.1 Å². The summed E-state index contributed by atoms with van der Waals surface area (Å²) in [4.78, 5) is 0. The van der Waals surface area contributed by atoms with Gasteiger partial charge in [0.25, 0.3) is 0 Å². The molecule has 1 N–H and O–H groups in total. The number of benzene rings is 2. The van der Waals surface area contributed by atoms with Gasteiger partial charge in [0, 0.05) is 15.8 Å². The zero-order valence-electron chi connectivity index (χ0n) is 10.3. The van der Waals surface area contributed by atoms with Crippen molar-refractivity contribution in [3.05, 3.63) is 57.6 Å². The third-order valence-corrected chi connectivity index (χ3v) is 3.26. The lowest BCUT2D eigenvalue weighted by Crippen LogP contribution is -1.92. The topological polar surface area (TPSA) is 35.8 Å². The number of nitrogens with one attached hydrogen (secondary N) is 1. The second-order valence-electron chi connectivity index (χ2n) is 4.31. The van der Waals surface area contributed by atoms with Crippen molar-refractivity contribution in [2.24, 2.45) is 0 Å². The number of hydrogen-bond acceptors (Lipinski definition) is 2. The predicted molar refractivity (Wildman–Crippen MR) is 78.1 cm³/mol. The van der Waals surface area contributed by atoms with Crippen LogP contribution in [-0.2, 0) is 0 Å². The molecule has 0 heterocycles. The molecule has 0 unspecified atom stereocenters. The number of rotatable bonds is 2. The molecule has 2 aromatic rings. The zero-order chi connectivity index (χ0) is 13.1. The largest absolute Gasteiger partial charge is 0.355 e. The lowest BCUT2D eigenvalue weighted by molar-refractivity contribution is 1.37. The Labute approximate surface area is 115 Å². The van der Waals surface area contributed by atoms with Crippen LogP contribution >= 0.6 is 15.9 Å². The molecule has 0 fully saturated rings. The van der Waals surface area contributed by atoms with E-state index in [2.05, 4.69) is 59.4 Å². The Morgan fingerprint density at radius 3 is 2.22 bits per heavy atom. The summed E-state index contributed by atoms with van der Waals surface area (Å²) in [6.45, 7) is 4.15. The van der Waals surface area contributed by atoms with E-state index < -0.39 is 0 Å². The van der Waals surface area contributed by atoms with Gasteiger partial charge in [-0.3, -0.25) is 0 Å². The van der Waals surface area contributed by atoms with Gasteiger partial charge in [-0.05, 0) is 71.2 Å². The van der Waals surface area contributed by atoms with Crippen LogP contribution in [0.4, 0.5) is 11.4 Å². The van der Waals surface area contributed by atoms with Crippen LogP contribution in [0.1, 0.15) is 16.7 Å². The van der Waals surface area contributed by atoms with E-state index in [1.54, 1.807) is 6.07 Å². The summed E-state index contributed by atoms with van der Waals surface area (Å²) in [5, 5.41) is 12.2. The highest BCUT2D eigenvalue weighted by molar-refractivity contribution is 9.10. The normalized spacial score (nSPS) is 9.89. The number of nitrogens with zero attached hydrogens (tertiary/aromatic N) is 1. The molecule has 0 bridgehead atoms. The minimum atomic E-state index is 0.640. The third kappa shape index (κ3) is 2.91. The van der Waals surface area contributed by atoms with Gasteiger partial charge < -0.3 is 5.32 Å². The van der Waals surface area contributed by atoms with Crippen molar-refractivity contribution in [3.8, 4) is 6.07 Å². The Morgan fingerprint density at radius 1 is 1.00 bits per heavy atom. The van der Waals surface area contributed by atoms with Crippen LogP contribution in [0, 0.1) is 25.2 Å². The Balaban J connectivity index is 2.29. The van der Waals surface area contributed by atoms with Crippen LogP contribution in [0.2, 0.25) is 0 Å². The molecule has 3 heteroatoms. The molecule has 2 aromatic carbocycles. The average molecular weight is 301 g/mol. The lowest BCUT2D eigenvalue weighted by Gasteiger charge is -2.09. The van der Waals surface area contributed by atoms with Gasteiger partial charge in [-0.25, -0.2) is 0 Å². The first kappa shape index (κ1) is 12.7. The molecule has 2 rings (SSSR count). The number of hydrogen-bond donors (Lipinski definition) is 1. The maximum absolute atomic E-state index is 8.87. The highest BCUT2D eigenvalue weighted by Crippen LogP contribution is 2.24. The Kier molecular flexibility index (Phi) is 3.69. The van der Waals surface area contributed by atoms with Gasteiger partial charge in [0.2, 0.25) is 0 Å². The fraction of sp³-hybridized carbons (Fsp3) is 0.133. The van der Waals surface area contributed by atoms with Gasteiger partial charge in [0.15, 0.2) is 0 Å². The summed E-state index contributed by atoms with van der Waals surface area (Å²) in [6, 6.07) is 14.1. The second kappa shape index (κ2) is 5.24. The van der Waals surface area contributed by atoms with Crippen LogP contribution < -0.4 is 5.32 Å². The molecular weight excluding hydrogens is 288 g/mol. The standard InChI is InChI=1S/C15H13BrN2/c1-10-5-11(2)7-14(6-10)18-13-4-3-12(9-17)15(16)8-13/h3-8,18H,1-2H3. The predicted octanol–water partition coefficient (Wildman–Crippen LogP) is 4.68. The minimum absolute atomic E-state index is 0.640. The molecule has 0 aliphatic heterocycles. The highest BCUT2D eigenvalue weighted by atomic mass is 79.9. The van der Waals surface area contributed by atoms with E-state index in [1.807, 2.05) is 12.1 Å². The first-order valence-corrected chi connectivity index (χ1v) is 6.43. The van der Waals surface area contributed by atoms with Crippen LogP contribution in [-0.4, -0.2) is 0 Å². The number of nitriles is 1. The van der Waals surface area contributed by atoms with Gasteiger partial charge >= 0.3 is 0 Å². The van der Waals surface area contributed by atoms with E-state index in [0.717, 1.165) is 15.8 Å². The number of anilines is 2. The van der Waals surface area contributed by atoms with Crippen molar-refractivity contribution in [1.82, 2.24) is 0 Å². The van der Waals surface area contributed by atoms with Crippen molar-refractivity contribution in [3.63, 3.8) is 0 Å². The molecule has 0 aromatic heterocycles. The first-order chi connectivity index (χ1) is 8.58. The van der Waals surface area contributed by atoms with E-state index in [4.69, 9.17) is 5.26 Å². The van der Waals surface area contributed by atoms with Crippen LogP contribution in [0.25, 0.3) is 0 Å². The summed E-state index contributed by atoms with van der Waals surface area (Å²) in [5.41, 5.74) is 5.12. The van der Waals surface area contributed by atoms with Crippen LogP contribution in [0.15, 0.2) is 40.9 Å². The quantitative estimate of drug-likeness (QED) is 0.874. The van der Waals surface area contributed by atoms with Gasteiger partial charge in [-0.15, -0.1) is 0 Å². The van der Waals surface area contributed by atoms with Crippen LogP contribution in [0.5, 0.6) is 0 Å². The van der Waals surface area contributed by atoms with Gasteiger partial charge in [-0.2, -0.15) is 5.26 Å². The fourth-order valence-corrected chi connectivity index (χ4v) is 2.36. The molecule has 0 atom stereocenters. The smallest absolute Gasteiger partial charge is 0.100 e. The Hall–Kier alpha value is -1.79. The molecule has 0 saturated heterocycles. The maximum Gasteiger partial charge on any atom is 0.100 e. The molecule has 2 nitrogen and oxygen atoms in total. The lowest BCUT2D eigenvalue weighted by atomic mass is 10.1. The summed E-state index contributed by atoms with van der Waals surface area (Å²) in [5.74, 6) is 0. The van der Waals surface area contributed by atoms with E-state index in [-0.39, 0.29) is 0 Å². The number of halogens is 1. The van der Waals surface area contributed by atoms with Crippen molar-refractivity contribution < 1.29 is 0 Å². The molecule has 90 valence electrons. The molecule has 0 amide bonds. The SMILES string of the molecule is Cc1cc(C)cc(Nc2ccc(C#N)c(Br)c2)c1. The third-order valence-electron chi connectivity index (χ3n) is 2.60. The first-order valence-electron chi connectivity index (χ1n) is 5.63. The monoisotopic (exact) mass is 300 g/mol. The summed E-state index contributed by atoms with van der Waals surface area (Å²) in [6.07, 6.45) is 0. The van der Waals surface area contributed by atoms with Crippen molar-refractivity contribution in [1.29, 1.82) is 5.26 Å². The molecule has 0 spiro atoms. The second-order valence-corrected chi connectivity index (χ2v) is 5.16. The summed E-state index contributed by atoms with van der Waals surface area (Å²) >= 11 is 3.39. The van der Waals surface area contributed by atoms with Crippen molar-refractivity contribution in [2.75, 3.05) is 5.32 Å². The molecular formula is C15H13BrN2. The van der Waals surface area contributed by atoms with Gasteiger partial charge in [-0.1, -0.05) is 6.07 Å². The number of aryl methyl sites for hydroxylation is 2. The van der Waals surface area contributed by atoms with Gasteiger partial charge in [0.1, 0.15) is 6.07 Å². The van der Waals surface area contributed by atoms with E-state index in [9.17, 15) is 0 Å². The van der Waals surface area contributed by atoms with Gasteiger partial charge in [0.05, 0.1) is 5.56 Å². The molecule has 0 saturated carbocycles. The molecule has 0 aliphatic rings. The Bertz CT molecular complexity index is 607. The summed E-state index contributed by atoms with van der Waals surface area (Å²) < 4.78 is 0.805. The highest BCUT2D eigenvalue weighted by Gasteiger charge is 2.01. The zero-order valence-corrected chi connectivity index (χ0v) is 11.9. The van der Waals surface area contributed by atoms with Crippen molar-refractivity contribution in [2.45, 2.75) is 13.8 Å². The average Bonchev–Trinajstić information content (AvgIpc) is 2.27. The molecule has 0 radical (unpaired) electrons. The minimum Gasteiger partial charge on any atom is -0.355 e. The molecule has 18 heavy (non-hydrogen) atoms. The molecule has 0 aliphatic carbocycles. The van der Waals surface area contributed by atoms with E-state index in [0.29, 0.717) is 5.56 Å². The van der Waals surface area contributed by atoms with Crippen molar-refractivity contribution >= 4 is 27.3 Å². The van der Waals surface area contributed by atoms with E-state index >= 15 is 0 Å². The van der Waals surface area contributed by atoms with Crippen LogP contribution in [0.3, 0.4) is 0 Å². The Morgan fingerprint density at radius 2 is 1.67 bits per heavy atom. The fourth-order valence-electron chi connectivity index (χ4n) is 1.90. The summed E-state index contributed by atoms with van der Waals surface area (Å²) in [7, 11) is 0. The maximum atomic E-state index is 8.87.